The van der Waals surface area contributed by atoms with E-state index in [1.165, 1.54) is 4.80 Å². The zero-order valence-electron chi connectivity index (χ0n) is 19.7. The molecule has 0 N–H and O–H groups in total. The monoisotopic (exact) mass is 458 g/mol. The molecule has 0 atom stereocenters. The summed E-state index contributed by atoms with van der Waals surface area (Å²) in [4.78, 5) is 34.5. The van der Waals surface area contributed by atoms with Crippen molar-refractivity contribution >= 4 is 18.0 Å². The quantitative estimate of drug-likeness (QED) is 0.427. The van der Waals surface area contributed by atoms with E-state index < -0.39 is 0 Å². The second-order valence-electron chi connectivity index (χ2n) is 7.91. The Kier molecular flexibility index (Phi) is 8.45. The Labute approximate surface area is 200 Å². The number of hydrogen-bond donors (Lipinski definition) is 0. The maximum Gasteiger partial charge on any atom is 0.256 e. The minimum atomic E-state index is -0.0201. The summed E-state index contributed by atoms with van der Waals surface area (Å²) in [6, 6.07) is 9.40. The molecule has 3 heterocycles. The molecule has 0 unspecified atom stereocenters. The van der Waals surface area contributed by atoms with Crippen LogP contribution in [-0.2, 0) is 0 Å². The molecule has 2 aromatic heterocycles. The van der Waals surface area contributed by atoms with Crippen LogP contribution in [0.3, 0.4) is 0 Å². The number of allylic oxidation sites excluding steroid dienone is 2. The molecule has 1 fully saturated rings. The highest BCUT2D eigenvalue weighted by Gasteiger charge is 2.24. The van der Waals surface area contributed by atoms with Crippen LogP contribution in [0.1, 0.15) is 38.4 Å². The Hall–Kier alpha value is -4.07. The Bertz CT molecular complexity index is 1150. The topological polar surface area (TPSA) is 84.2 Å². The first-order valence-electron chi connectivity index (χ1n) is 11.2. The van der Waals surface area contributed by atoms with Crippen LogP contribution in [0, 0.1) is 13.8 Å². The summed E-state index contributed by atoms with van der Waals surface area (Å²) in [6.07, 6.45) is 8.14. The number of hydrogen-bond acceptors (Lipinski definition) is 6. The molecule has 0 radical (unpaired) electrons. The van der Waals surface area contributed by atoms with Gasteiger partial charge in [-0.15, -0.1) is 0 Å². The first-order valence-corrected chi connectivity index (χ1v) is 11.2. The standard InChI is InChI=1S/C22H24N6O2.C4H6/c1-16-4-6-20(28-23-8-9-24-28)19(14-16)22(30)27-11-3-10-26(12-13-27)21-7-5-18(15-29)17(2)25-21;1-3-4-2/h4-9,14-15H,3,10-13H2,1-2H3;3-4H,1-2H2. The first-order chi connectivity index (χ1) is 16.5. The number of aldehydes is 1. The molecular formula is C26H30N6O2. The summed E-state index contributed by atoms with van der Waals surface area (Å²) >= 11 is 0. The molecule has 0 spiro atoms. The number of carbonyl (C=O) groups is 2. The van der Waals surface area contributed by atoms with Gasteiger partial charge in [-0.3, -0.25) is 9.59 Å². The van der Waals surface area contributed by atoms with Crippen molar-refractivity contribution in [1.82, 2.24) is 24.9 Å². The van der Waals surface area contributed by atoms with Crippen molar-refractivity contribution in [3.05, 3.63) is 90.4 Å². The summed E-state index contributed by atoms with van der Waals surface area (Å²) in [5, 5.41) is 8.38. The van der Waals surface area contributed by atoms with Gasteiger partial charge >= 0.3 is 0 Å². The maximum atomic E-state index is 13.4. The number of aromatic nitrogens is 4. The van der Waals surface area contributed by atoms with Crippen LogP contribution in [0.2, 0.25) is 0 Å². The van der Waals surface area contributed by atoms with Crippen LogP contribution >= 0.6 is 0 Å². The lowest BCUT2D eigenvalue weighted by Crippen LogP contribution is -2.36. The Morgan fingerprint density at radius 1 is 0.971 bits per heavy atom. The van der Waals surface area contributed by atoms with E-state index in [-0.39, 0.29) is 5.91 Å². The normalized spacial score (nSPS) is 13.4. The predicted molar refractivity (Wildman–Crippen MR) is 134 cm³/mol. The predicted octanol–water partition coefficient (Wildman–Crippen LogP) is 3.80. The molecule has 176 valence electrons. The lowest BCUT2D eigenvalue weighted by molar-refractivity contribution is 0.0766. The first kappa shape index (κ1) is 24.6. The highest BCUT2D eigenvalue weighted by molar-refractivity contribution is 5.98. The molecule has 1 aromatic carbocycles. The largest absolute Gasteiger partial charge is 0.355 e. The van der Waals surface area contributed by atoms with Crippen molar-refractivity contribution < 1.29 is 9.59 Å². The number of anilines is 1. The number of amides is 1. The van der Waals surface area contributed by atoms with E-state index in [0.717, 1.165) is 36.3 Å². The number of pyridine rings is 1. The van der Waals surface area contributed by atoms with Crippen LogP contribution in [0.25, 0.3) is 5.69 Å². The number of aryl methyl sites for hydroxylation is 2. The fraction of sp³-hybridized carbons (Fsp3) is 0.269. The molecule has 1 saturated heterocycles. The third-order valence-corrected chi connectivity index (χ3v) is 5.53. The fourth-order valence-corrected chi connectivity index (χ4v) is 3.71. The van der Waals surface area contributed by atoms with Gasteiger partial charge in [-0.05, 0) is 44.5 Å². The Morgan fingerprint density at radius 3 is 2.35 bits per heavy atom. The van der Waals surface area contributed by atoms with E-state index in [1.54, 1.807) is 30.6 Å². The van der Waals surface area contributed by atoms with Crippen LogP contribution < -0.4 is 4.90 Å². The molecule has 4 rings (SSSR count). The summed E-state index contributed by atoms with van der Waals surface area (Å²) in [7, 11) is 0. The fourth-order valence-electron chi connectivity index (χ4n) is 3.71. The van der Waals surface area contributed by atoms with Gasteiger partial charge in [0.05, 0.1) is 29.3 Å². The van der Waals surface area contributed by atoms with Crippen molar-refractivity contribution in [1.29, 1.82) is 0 Å². The van der Waals surface area contributed by atoms with Crippen molar-refractivity contribution in [2.45, 2.75) is 20.3 Å². The molecule has 0 bridgehead atoms. The molecule has 8 heteroatoms. The van der Waals surface area contributed by atoms with Crippen molar-refractivity contribution in [3.8, 4) is 5.69 Å². The van der Waals surface area contributed by atoms with E-state index in [0.29, 0.717) is 36.4 Å². The van der Waals surface area contributed by atoms with E-state index >= 15 is 0 Å². The lowest BCUT2D eigenvalue weighted by Gasteiger charge is -2.24. The SMILES string of the molecule is C=CC=C.Cc1ccc(-n2nccn2)c(C(=O)N2CCCN(c3ccc(C=O)c(C)n3)CC2)c1. The van der Waals surface area contributed by atoms with Crippen molar-refractivity contribution in [2.75, 3.05) is 31.1 Å². The summed E-state index contributed by atoms with van der Waals surface area (Å²) in [5.74, 6) is 0.817. The maximum absolute atomic E-state index is 13.4. The van der Waals surface area contributed by atoms with Crippen LogP contribution in [0.15, 0.2) is 68.0 Å². The molecule has 0 saturated carbocycles. The second kappa shape index (κ2) is 11.7. The smallest absolute Gasteiger partial charge is 0.256 e. The summed E-state index contributed by atoms with van der Waals surface area (Å²) in [5.41, 5.74) is 3.61. The number of carbonyl (C=O) groups excluding carboxylic acids is 2. The number of benzene rings is 1. The van der Waals surface area contributed by atoms with Crippen LogP contribution in [0.5, 0.6) is 0 Å². The van der Waals surface area contributed by atoms with Crippen molar-refractivity contribution in [3.63, 3.8) is 0 Å². The molecule has 1 aliphatic heterocycles. The minimum Gasteiger partial charge on any atom is -0.355 e. The van der Waals surface area contributed by atoms with Gasteiger partial charge in [0, 0.05) is 31.7 Å². The average molecular weight is 459 g/mol. The average Bonchev–Trinajstić information content (AvgIpc) is 3.27. The molecule has 3 aromatic rings. The van der Waals surface area contributed by atoms with Gasteiger partial charge in [0.25, 0.3) is 5.91 Å². The lowest BCUT2D eigenvalue weighted by atomic mass is 10.1. The molecule has 1 amide bonds. The van der Waals surface area contributed by atoms with E-state index in [1.807, 2.05) is 43.0 Å². The Balaban J connectivity index is 0.000000751. The van der Waals surface area contributed by atoms with Crippen LogP contribution in [0.4, 0.5) is 5.82 Å². The van der Waals surface area contributed by atoms with Gasteiger partial charge in [-0.25, -0.2) is 4.98 Å². The van der Waals surface area contributed by atoms with Gasteiger partial charge in [0.2, 0.25) is 0 Å². The van der Waals surface area contributed by atoms with Crippen molar-refractivity contribution in [2.24, 2.45) is 0 Å². The molecule has 8 nitrogen and oxygen atoms in total. The highest BCUT2D eigenvalue weighted by Crippen LogP contribution is 2.20. The second-order valence-corrected chi connectivity index (χ2v) is 7.91. The highest BCUT2D eigenvalue weighted by atomic mass is 16.2. The number of rotatable bonds is 5. The molecule has 1 aliphatic rings. The van der Waals surface area contributed by atoms with Gasteiger partial charge in [-0.2, -0.15) is 15.0 Å². The van der Waals surface area contributed by atoms with E-state index in [4.69, 9.17) is 0 Å². The van der Waals surface area contributed by atoms with Gasteiger partial charge in [-0.1, -0.05) is 36.9 Å². The molecular weight excluding hydrogens is 428 g/mol. The third kappa shape index (κ3) is 5.83. The minimum absolute atomic E-state index is 0.0201. The Morgan fingerprint density at radius 2 is 1.71 bits per heavy atom. The zero-order chi connectivity index (χ0) is 24.5. The zero-order valence-corrected chi connectivity index (χ0v) is 19.7. The number of nitrogens with zero attached hydrogens (tertiary/aromatic N) is 6. The third-order valence-electron chi connectivity index (χ3n) is 5.53. The van der Waals surface area contributed by atoms with E-state index in [2.05, 4.69) is 33.2 Å². The summed E-state index contributed by atoms with van der Waals surface area (Å²) < 4.78 is 0. The van der Waals surface area contributed by atoms with Gasteiger partial charge in [0.1, 0.15) is 5.82 Å². The summed E-state index contributed by atoms with van der Waals surface area (Å²) in [6.45, 7) is 13.3. The molecule has 34 heavy (non-hydrogen) atoms. The van der Waals surface area contributed by atoms with Gasteiger partial charge in [0.15, 0.2) is 6.29 Å². The van der Waals surface area contributed by atoms with E-state index in [9.17, 15) is 9.59 Å². The van der Waals surface area contributed by atoms with Gasteiger partial charge < -0.3 is 9.80 Å². The van der Waals surface area contributed by atoms with Crippen LogP contribution in [-0.4, -0.2) is 63.3 Å². The molecule has 0 aliphatic carbocycles.